The van der Waals surface area contributed by atoms with Crippen LogP contribution >= 0.6 is 0 Å². The van der Waals surface area contributed by atoms with Gasteiger partial charge < -0.3 is 9.69 Å². The summed E-state index contributed by atoms with van der Waals surface area (Å²) in [5, 5.41) is 0. The van der Waals surface area contributed by atoms with Crippen LogP contribution in [0, 0.1) is 0 Å². The van der Waals surface area contributed by atoms with Crippen LogP contribution in [-0.2, 0) is 17.6 Å². The molecule has 80 valence electrons. The van der Waals surface area contributed by atoms with Crippen molar-refractivity contribution in [3.8, 4) is 0 Å². The van der Waals surface area contributed by atoms with Gasteiger partial charge in [0, 0.05) is 24.7 Å². The van der Waals surface area contributed by atoms with E-state index >= 15 is 0 Å². The van der Waals surface area contributed by atoms with Crippen LogP contribution in [0.15, 0.2) is 18.2 Å². The van der Waals surface area contributed by atoms with Crippen molar-refractivity contribution in [2.24, 2.45) is 0 Å². The molecular formula is C13H17NO. The van der Waals surface area contributed by atoms with Crippen LogP contribution in [0.1, 0.15) is 25.0 Å². The zero-order chi connectivity index (χ0) is 10.8. The molecular weight excluding hydrogens is 186 g/mol. The van der Waals surface area contributed by atoms with E-state index in [2.05, 4.69) is 36.9 Å². The Morgan fingerprint density at radius 2 is 2.27 bits per heavy atom. The Balaban J connectivity index is 2.43. The third-order valence-electron chi connectivity index (χ3n) is 3.04. The fourth-order valence-corrected chi connectivity index (χ4v) is 2.34. The van der Waals surface area contributed by atoms with Gasteiger partial charge in [0.1, 0.15) is 6.29 Å². The first-order valence-corrected chi connectivity index (χ1v) is 5.55. The van der Waals surface area contributed by atoms with Gasteiger partial charge in [-0.2, -0.15) is 0 Å². The SMILES string of the molecule is CC(C)N1CCc2cccc(CC=O)c21. The maximum absolute atomic E-state index is 10.6. The number of anilines is 1. The molecule has 0 atom stereocenters. The topological polar surface area (TPSA) is 20.3 Å². The lowest BCUT2D eigenvalue weighted by Gasteiger charge is -2.25. The van der Waals surface area contributed by atoms with Crippen LogP contribution in [0.2, 0.25) is 0 Å². The second-order valence-corrected chi connectivity index (χ2v) is 4.33. The van der Waals surface area contributed by atoms with E-state index in [4.69, 9.17) is 0 Å². The maximum atomic E-state index is 10.6. The summed E-state index contributed by atoms with van der Waals surface area (Å²) in [6.07, 6.45) is 2.64. The molecule has 0 saturated carbocycles. The van der Waals surface area contributed by atoms with Crippen molar-refractivity contribution in [2.75, 3.05) is 11.4 Å². The highest BCUT2D eigenvalue weighted by atomic mass is 16.1. The molecule has 15 heavy (non-hydrogen) atoms. The molecule has 0 saturated heterocycles. The summed E-state index contributed by atoms with van der Waals surface area (Å²) in [6, 6.07) is 6.81. The van der Waals surface area contributed by atoms with Crippen LogP contribution in [0.4, 0.5) is 5.69 Å². The largest absolute Gasteiger partial charge is 0.368 e. The van der Waals surface area contributed by atoms with Crippen molar-refractivity contribution in [1.29, 1.82) is 0 Å². The molecule has 0 bridgehead atoms. The van der Waals surface area contributed by atoms with Gasteiger partial charge in [-0.1, -0.05) is 18.2 Å². The fourth-order valence-electron chi connectivity index (χ4n) is 2.34. The average Bonchev–Trinajstić information content (AvgIpc) is 2.62. The summed E-state index contributed by atoms with van der Waals surface area (Å²) >= 11 is 0. The van der Waals surface area contributed by atoms with Gasteiger partial charge in [0.2, 0.25) is 0 Å². The van der Waals surface area contributed by atoms with Crippen LogP contribution in [0.3, 0.4) is 0 Å². The van der Waals surface area contributed by atoms with Gasteiger partial charge in [-0.15, -0.1) is 0 Å². The van der Waals surface area contributed by atoms with E-state index < -0.39 is 0 Å². The van der Waals surface area contributed by atoms with Crippen molar-refractivity contribution in [3.05, 3.63) is 29.3 Å². The van der Waals surface area contributed by atoms with E-state index in [9.17, 15) is 4.79 Å². The third-order valence-corrected chi connectivity index (χ3v) is 3.04. The maximum Gasteiger partial charge on any atom is 0.124 e. The van der Waals surface area contributed by atoms with E-state index in [1.165, 1.54) is 16.8 Å². The molecule has 1 aliphatic rings. The highest BCUT2D eigenvalue weighted by molar-refractivity contribution is 5.69. The zero-order valence-corrected chi connectivity index (χ0v) is 9.36. The molecule has 0 radical (unpaired) electrons. The number of hydrogen-bond acceptors (Lipinski definition) is 2. The number of para-hydroxylation sites is 1. The third kappa shape index (κ3) is 1.76. The smallest absolute Gasteiger partial charge is 0.124 e. The van der Waals surface area contributed by atoms with Gasteiger partial charge >= 0.3 is 0 Å². The number of benzene rings is 1. The monoisotopic (exact) mass is 203 g/mol. The second-order valence-electron chi connectivity index (χ2n) is 4.33. The Labute approximate surface area is 90.9 Å². The number of nitrogens with zero attached hydrogens (tertiary/aromatic N) is 1. The number of fused-ring (bicyclic) bond motifs is 1. The Morgan fingerprint density at radius 3 is 2.93 bits per heavy atom. The van der Waals surface area contributed by atoms with E-state index in [1.807, 2.05) is 0 Å². The summed E-state index contributed by atoms with van der Waals surface area (Å²) < 4.78 is 0. The van der Waals surface area contributed by atoms with Crippen molar-refractivity contribution in [3.63, 3.8) is 0 Å². The molecule has 1 aromatic carbocycles. The van der Waals surface area contributed by atoms with Crippen molar-refractivity contribution in [2.45, 2.75) is 32.7 Å². The number of rotatable bonds is 3. The van der Waals surface area contributed by atoms with Gasteiger partial charge in [0.15, 0.2) is 0 Å². The average molecular weight is 203 g/mol. The Kier molecular flexibility index (Phi) is 2.76. The van der Waals surface area contributed by atoms with Crippen LogP contribution < -0.4 is 4.90 Å². The molecule has 1 aliphatic heterocycles. The standard InChI is InChI=1S/C13H17NO/c1-10(2)14-8-6-11-4-3-5-12(7-9-15)13(11)14/h3-5,9-10H,6-8H2,1-2H3. The highest BCUT2D eigenvalue weighted by Crippen LogP contribution is 2.33. The van der Waals surface area contributed by atoms with Crippen LogP contribution in [-0.4, -0.2) is 18.9 Å². The lowest BCUT2D eigenvalue weighted by molar-refractivity contribution is -0.107. The van der Waals surface area contributed by atoms with Gasteiger partial charge in [-0.3, -0.25) is 0 Å². The predicted octanol–water partition coefficient (Wildman–Crippen LogP) is 2.20. The number of carbonyl (C=O) groups is 1. The summed E-state index contributed by atoms with van der Waals surface area (Å²) in [4.78, 5) is 13.0. The van der Waals surface area contributed by atoms with Crippen LogP contribution in [0.25, 0.3) is 0 Å². The minimum Gasteiger partial charge on any atom is -0.368 e. The van der Waals surface area contributed by atoms with Gasteiger partial charge in [0.25, 0.3) is 0 Å². The Hall–Kier alpha value is -1.31. The number of carbonyl (C=O) groups excluding carboxylic acids is 1. The fraction of sp³-hybridized carbons (Fsp3) is 0.462. The van der Waals surface area contributed by atoms with Crippen molar-refractivity contribution >= 4 is 12.0 Å². The van der Waals surface area contributed by atoms with Gasteiger partial charge in [0.05, 0.1) is 0 Å². The van der Waals surface area contributed by atoms with E-state index in [-0.39, 0.29) is 0 Å². The normalized spacial score (nSPS) is 14.5. The first-order valence-electron chi connectivity index (χ1n) is 5.55. The Bertz CT molecular complexity index is 371. The summed E-state index contributed by atoms with van der Waals surface area (Å²) in [6.45, 7) is 5.49. The first kappa shape index (κ1) is 10.2. The zero-order valence-electron chi connectivity index (χ0n) is 9.36. The predicted molar refractivity (Wildman–Crippen MR) is 62.4 cm³/mol. The molecule has 0 spiro atoms. The highest BCUT2D eigenvalue weighted by Gasteiger charge is 2.23. The Morgan fingerprint density at radius 1 is 1.47 bits per heavy atom. The number of aldehydes is 1. The molecule has 0 fully saturated rings. The summed E-state index contributed by atoms with van der Waals surface area (Å²) in [5.74, 6) is 0. The number of hydrogen-bond donors (Lipinski definition) is 0. The lowest BCUT2D eigenvalue weighted by atomic mass is 10.0. The molecule has 1 heterocycles. The second kappa shape index (κ2) is 4.05. The summed E-state index contributed by atoms with van der Waals surface area (Å²) in [7, 11) is 0. The molecule has 2 nitrogen and oxygen atoms in total. The molecule has 0 unspecified atom stereocenters. The van der Waals surface area contributed by atoms with Crippen molar-refractivity contribution in [1.82, 2.24) is 0 Å². The molecule has 2 rings (SSSR count). The molecule has 0 N–H and O–H groups in total. The lowest BCUT2D eigenvalue weighted by Crippen LogP contribution is -2.29. The van der Waals surface area contributed by atoms with Gasteiger partial charge in [-0.25, -0.2) is 0 Å². The van der Waals surface area contributed by atoms with E-state index in [0.29, 0.717) is 12.5 Å². The molecule has 1 aromatic rings. The van der Waals surface area contributed by atoms with Crippen LogP contribution in [0.5, 0.6) is 0 Å². The van der Waals surface area contributed by atoms with Crippen molar-refractivity contribution < 1.29 is 4.79 Å². The first-order chi connectivity index (χ1) is 7.24. The quantitative estimate of drug-likeness (QED) is 0.702. The van der Waals surface area contributed by atoms with E-state index in [1.54, 1.807) is 0 Å². The molecule has 0 aromatic heterocycles. The molecule has 0 amide bonds. The summed E-state index contributed by atoms with van der Waals surface area (Å²) in [5.41, 5.74) is 3.87. The van der Waals surface area contributed by atoms with Gasteiger partial charge in [-0.05, 0) is 31.4 Å². The molecule has 0 aliphatic carbocycles. The molecule has 2 heteroatoms. The minimum atomic E-state index is 0.513. The van der Waals surface area contributed by atoms with E-state index in [0.717, 1.165) is 19.3 Å². The minimum absolute atomic E-state index is 0.513.